The van der Waals surface area contributed by atoms with Crippen molar-refractivity contribution in [2.45, 2.75) is 19.4 Å². The monoisotopic (exact) mass is 465 g/mol. The Morgan fingerprint density at radius 3 is 2.68 bits per heavy atom. The summed E-state index contributed by atoms with van der Waals surface area (Å²) in [5.41, 5.74) is 3.36. The number of methoxy groups -OCH3 is 2. The minimum atomic E-state index is -0.245. The van der Waals surface area contributed by atoms with Crippen molar-refractivity contribution in [3.8, 4) is 11.6 Å². The van der Waals surface area contributed by atoms with Crippen LogP contribution in [0.2, 0.25) is 5.02 Å². The molecule has 1 amide bonds. The van der Waals surface area contributed by atoms with E-state index in [0.717, 1.165) is 16.8 Å². The van der Waals surface area contributed by atoms with E-state index in [1.165, 1.54) is 26.6 Å². The fourth-order valence-corrected chi connectivity index (χ4v) is 4.15. The van der Waals surface area contributed by atoms with Gasteiger partial charge in [-0.25, -0.2) is 15.0 Å². The lowest BCUT2D eigenvalue weighted by Crippen LogP contribution is -2.39. The molecule has 8 nitrogen and oxygen atoms in total. The maximum absolute atomic E-state index is 13.0. The maximum Gasteiger partial charge on any atom is 0.292 e. The first kappa shape index (κ1) is 18.9. The second-order valence-electron chi connectivity index (χ2n) is 6.36. The molecule has 0 aliphatic carbocycles. The van der Waals surface area contributed by atoms with E-state index < -0.39 is 0 Å². The van der Waals surface area contributed by atoms with Crippen LogP contribution in [-0.2, 0) is 6.42 Å². The van der Waals surface area contributed by atoms with Crippen LogP contribution in [0.1, 0.15) is 34.8 Å². The number of aromatic amines is 1. The molecule has 0 spiro atoms. The van der Waals surface area contributed by atoms with Crippen LogP contribution in [0.3, 0.4) is 0 Å². The second-order valence-corrected chi connectivity index (χ2v) is 7.53. The molecule has 10 heteroatoms. The van der Waals surface area contributed by atoms with Crippen molar-refractivity contribution >= 4 is 44.5 Å². The van der Waals surface area contributed by atoms with Gasteiger partial charge in [-0.3, -0.25) is 4.79 Å². The Balaban J connectivity index is 1.75. The van der Waals surface area contributed by atoms with Gasteiger partial charge in [0.15, 0.2) is 5.75 Å². The lowest BCUT2D eigenvalue weighted by Gasteiger charge is -2.33. The van der Waals surface area contributed by atoms with Crippen molar-refractivity contribution in [1.82, 2.24) is 24.8 Å². The van der Waals surface area contributed by atoms with Crippen molar-refractivity contribution < 1.29 is 14.3 Å². The predicted octanol–water partition coefficient (Wildman–Crippen LogP) is 3.55. The summed E-state index contributed by atoms with van der Waals surface area (Å²) in [5.74, 6) is 0.777. The minimum absolute atomic E-state index is 0.127. The molecule has 0 unspecified atom stereocenters. The van der Waals surface area contributed by atoms with Gasteiger partial charge in [0, 0.05) is 24.2 Å². The lowest BCUT2D eigenvalue weighted by atomic mass is 9.99. The van der Waals surface area contributed by atoms with E-state index in [2.05, 4.69) is 35.9 Å². The molecule has 0 saturated carbocycles. The van der Waals surface area contributed by atoms with Gasteiger partial charge in [0.05, 0.1) is 48.7 Å². The molecular weight excluding hydrogens is 450 g/mol. The number of aromatic nitrogens is 4. The number of halogens is 2. The molecule has 28 heavy (non-hydrogen) atoms. The number of fused-ring (bicyclic) bond motifs is 3. The Morgan fingerprint density at radius 2 is 2.04 bits per heavy atom. The first-order valence-electron chi connectivity index (χ1n) is 8.56. The van der Waals surface area contributed by atoms with Crippen molar-refractivity contribution in [2.24, 2.45) is 0 Å². The molecule has 1 N–H and O–H groups in total. The third-order valence-corrected chi connectivity index (χ3v) is 6.25. The first-order chi connectivity index (χ1) is 13.5. The number of hydrogen-bond donors (Lipinski definition) is 1. The SMILES string of the molecule is COc1cnc(C(=O)N2CCc3[nH]c4c(Cl)c(Br)c(OC)nc4c3[C@@H]2C)nc1. The molecule has 3 aromatic rings. The summed E-state index contributed by atoms with van der Waals surface area (Å²) in [6.45, 7) is 2.49. The molecule has 1 aliphatic rings. The summed E-state index contributed by atoms with van der Waals surface area (Å²) in [5, 5.41) is 0.500. The Labute approximate surface area is 174 Å². The van der Waals surface area contributed by atoms with E-state index in [1.54, 1.807) is 4.90 Å². The summed E-state index contributed by atoms with van der Waals surface area (Å²) in [6.07, 6.45) is 3.61. The number of nitrogens with one attached hydrogen (secondary N) is 1. The van der Waals surface area contributed by atoms with E-state index in [4.69, 9.17) is 21.1 Å². The van der Waals surface area contributed by atoms with Gasteiger partial charge in [-0.15, -0.1) is 0 Å². The number of carbonyl (C=O) groups is 1. The highest BCUT2D eigenvalue weighted by atomic mass is 79.9. The molecule has 3 aromatic heterocycles. The van der Waals surface area contributed by atoms with Crippen LogP contribution < -0.4 is 9.47 Å². The quantitative estimate of drug-likeness (QED) is 0.634. The molecule has 0 saturated heterocycles. The molecule has 0 radical (unpaired) electrons. The largest absolute Gasteiger partial charge is 0.494 e. The Morgan fingerprint density at radius 1 is 1.32 bits per heavy atom. The Hall–Kier alpha value is -2.39. The molecule has 0 fully saturated rings. The molecule has 1 atom stereocenters. The van der Waals surface area contributed by atoms with E-state index in [-0.39, 0.29) is 17.8 Å². The van der Waals surface area contributed by atoms with Gasteiger partial charge < -0.3 is 19.4 Å². The van der Waals surface area contributed by atoms with Gasteiger partial charge in [0.2, 0.25) is 11.7 Å². The molecule has 0 aromatic carbocycles. The summed E-state index contributed by atoms with van der Waals surface area (Å²) < 4.78 is 11.0. The number of amides is 1. The smallest absolute Gasteiger partial charge is 0.292 e. The number of ether oxygens (including phenoxy) is 2. The highest BCUT2D eigenvalue weighted by Crippen LogP contribution is 2.42. The van der Waals surface area contributed by atoms with Crippen molar-refractivity contribution in [3.63, 3.8) is 0 Å². The number of pyridine rings is 1. The van der Waals surface area contributed by atoms with Crippen LogP contribution in [0.5, 0.6) is 11.6 Å². The highest BCUT2D eigenvalue weighted by Gasteiger charge is 2.34. The van der Waals surface area contributed by atoms with Gasteiger partial charge in [-0.05, 0) is 22.9 Å². The number of carbonyl (C=O) groups excluding carboxylic acids is 1. The van der Waals surface area contributed by atoms with Gasteiger partial charge in [0.1, 0.15) is 4.47 Å². The average Bonchev–Trinajstić information content (AvgIpc) is 3.10. The number of rotatable bonds is 3. The van der Waals surface area contributed by atoms with Crippen LogP contribution in [0.25, 0.3) is 11.0 Å². The van der Waals surface area contributed by atoms with Gasteiger partial charge >= 0.3 is 0 Å². The molecule has 146 valence electrons. The zero-order valence-corrected chi connectivity index (χ0v) is 17.8. The summed E-state index contributed by atoms with van der Waals surface area (Å²) in [7, 11) is 3.06. The second kappa shape index (κ2) is 7.21. The standard InChI is InChI=1S/C18H17BrClN5O3/c1-8-11-10(23-15-13(20)12(19)17(28-3)24-14(11)15)4-5-25(8)18(26)16-21-6-9(27-2)7-22-16/h6-8,23H,4-5H2,1-3H3/t8-/m0/s1. The predicted molar refractivity (Wildman–Crippen MR) is 107 cm³/mol. The van der Waals surface area contributed by atoms with E-state index in [0.29, 0.717) is 39.6 Å². The van der Waals surface area contributed by atoms with Crippen molar-refractivity contribution in [1.29, 1.82) is 0 Å². The number of hydrogen-bond acceptors (Lipinski definition) is 6. The average molecular weight is 467 g/mol. The van der Waals surface area contributed by atoms with Crippen LogP contribution >= 0.6 is 27.5 Å². The molecule has 1 aliphatic heterocycles. The highest BCUT2D eigenvalue weighted by molar-refractivity contribution is 9.10. The van der Waals surface area contributed by atoms with E-state index >= 15 is 0 Å². The van der Waals surface area contributed by atoms with Crippen LogP contribution in [0.15, 0.2) is 16.9 Å². The van der Waals surface area contributed by atoms with E-state index in [9.17, 15) is 4.79 Å². The van der Waals surface area contributed by atoms with Crippen LogP contribution in [0, 0.1) is 0 Å². The summed E-state index contributed by atoms with van der Waals surface area (Å²) in [6, 6.07) is -0.231. The zero-order valence-electron chi connectivity index (χ0n) is 15.4. The zero-order chi connectivity index (χ0) is 20.0. The van der Waals surface area contributed by atoms with Crippen molar-refractivity contribution in [3.05, 3.63) is 39.0 Å². The summed E-state index contributed by atoms with van der Waals surface area (Å²) in [4.78, 5) is 30.9. The molecule has 4 heterocycles. The minimum Gasteiger partial charge on any atom is -0.494 e. The fourth-order valence-electron chi connectivity index (χ4n) is 3.49. The Bertz CT molecular complexity index is 1070. The van der Waals surface area contributed by atoms with Crippen LogP contribution in [-0.4, -0.2) is 51.5 Å². The lowest BCUT2D eigenvalue weighted by molar-refractivity contribution is 0.0665. The first-order valence-corrected chi connectivity index (χ1v) is 9.73. The van der Waals surface area contributed by atoms with Gasteiger partial charge in [0.25, 0.3) is 5.91 Å². The number of nitrogens with zero attached hydrogens (tertiary/aromatic N) is 4. The van der Waals surface area contributed by atoms with Crippen LogP contribution in [0.4, 0.5) is 0 Å². The third-order valence-electron chi connectivity index (χ3n) is 4.90. The molecular formula is C18H17BrClN5O3. The van der Waals surface area contributed by atoms with E-state index in [1.807, 2.05) is 6.92 Å². The normalized spacial score (nSPS) is 16.2. The molecule has 4 rings (SSSR count). The van der Waals surface area contributed by atoms with Crippen molar-refractivity contribution in [2.75, 3.05) is 20.8 Å². The van der Waals surface area contributed by atoms with Gasteiger partial charge in [-0.2, -0.15) is 0 Å². The van der Waals surface area contributed by atoms with Gasteiger partial charge in [-0.1, -0.05) is 11.6 Å². The fraction of sp³-hybridized carbons (Fsp3) is 0.333. The third kappa shape index (κ3) is 2.89. The Kier molecular flexibility index (Phi) is 4.88. The molecule has 0 bridgehead atoms. The summed E-state index contributed by atoms with van der Waals surface area (Å²) >= 11 is 9.91. The topological polar surface area (TPSA) is 93.2 Å². The number of H-pyrrole nitrogens is 1. The maximum atomic E-state index is 13.0.